The van der Waals surface area contributed by atoms with Crippen molar-refractivity contribution in [1.29, 1.82) is 0 Å². The monoisotopic (exact) mass is 267 g/mol. The Morgan fingerprint density at radius 1 is 1.61 bits per heavy atom. The molecular formula is C14H21NO2S. The number of rotatable bonds is 7. The molecule has 2 rings (SSSR count). The van der Waals surface area contributed by atoms with Crippen LogP contribution in [0.1, 0.15) is 35.4 Å². The van der Waals surface area contributed by atoms with Crippen LogP contribution in [-0.2, 0) is 4.74 Å². The van der Waals surface area contributed by atoms with Crippen LogP contribution in [-0.4, -0.2) is 43.5 Å². The predicted molar refractivity (Wildman–Crippen MR) is 74.4 cm³/mol. The Balaban J connectivity index is 1.61. The number of carbonyl (C=O) groups excluding carboxylic acids is 1. The van der Waals surface area contributed by atoms with Gasteiger partial charge in [-0.2, -0.15) is 0 Å². The molecule has 0 aliphatic carbocycles. The smallest absolute Gasteiger partial charge is 0.172 e. The number of ether oxygens (including phenoxy) is 1. The van der Waals surface area contributed by atoms with Crippen LogP contribution < -0.4 is 0 Å². The van der Waals surface area contributed by atoms with Gasteiger partial charge in [0.15, 0.2) is 5.78 Å². The van der Waals surface area contributed by atoms with Crippen molar-refractivity contribution in [3.05, 3.63) is 22.4 Å². The van der Waals surface area contributed by atoms with Gasteiger partial charge in [-0.1, -0.05) is 6.07 Å². The maximum Gasteiger partial charge on any atom is 0.172 e. The van der Waals surface area contributed by atoms with Gasteiger partial charge >= 0.3 is 0 Å². The first-order valence-corrected chi connectivity index (χ1v) is 7.50. The van der Waals surface area contributed by atoms with E-state index < -0.39 is 0 Å². The van der Waals surface area contributed by atoms with E-state index in [1.165, 1.54) is 24.2 Å². The van der Waals surface area contributed by atoms with Crippen molar-refractivity contribution in [3.8, 4) is 0 Å². The lowest BCUT2D eigenvalue weighted by atomic mass is 10.2. The summed E-state index contributed by atoms with van der Waals surface area (Å²) in [4.78, 5) is 15.0. The van der Waals surface area contributed by atoms with Crippen molar-refractivity contribution >= 4 is 17.1 Å². The number of thiophene rings is 1. The first-order chi connectivity index (χ1) is 8.75. The fourth-order valence-electron chi connectivity index (χ4n) is 2.30. The van der Waals surface area contributed by atoms with Gasteiger partial charge in [-0.15, -0.1) is 11.3 Å². The molecule has 1 aliphatic heterocycles. The Morgan fingerprint density at radius 2 is 2.50 bits per heavy atom. The molecule has 1 fully saturated rings. The number of hydrogen-bond donors (Lipinski definition) is 0. The van der Waals surface area contributed by atoms with E-state index in [4.69, 9.17) is 4.74 Å². The Kier molecular flexibility index (Phi) is 5.35. The maximum atomic E-state index is 11.8. The van der Waals surface area contributed by atoms with Crippen LogP contribution in [0.2, 0.25) is 0 Å². The maximum absolute atomic E-state index is 11.8. The molecule has 1 aliphatic rings. The number of nitrogens with zero attached hydrogens (tertiary/aromatic N) is 1. The second-order valence-electron chi connectivity index (χ2n) is 4.90. The molecule has 0 spiro atoms. The summed E-state index contributed by atoms with van der Waals surface area (Å²) in [6.45, 7) is 2.87. The first kappa shape index (κ1) is 13.7. The number of ketones is 1. The molecule has 0 saturated carbocycles. The highest BCUT2D eigenvalue weighted by atomic mass is 32.1. The number of likely N-dealkylation sites (N-methyl/N-ethyl adjacent to an activating group) is 1. The Bertz CT molecular complexity index is 358. The SMILES string of the molecule is CN(CCCC(=O)c1cccs1)CC1CCCO1. The van der Waals surface area contributed by atoms with Crippen LogP contribution in [0.5, 0.6) is 0 Å². The Morgan fingerprint density at radius 3 is 3.17 bits per heavy atom. The summed E-state index contributed by atoms with van der Waals surface area (Å²) in [5.41, 5.74) is 0. The highest BCUT2D eigenvalue weighted by molar-refractivity contribution is 7.12. The molecule has 1 saturated heterocycles. The molecule has 0 amide bonds. The minimum absolute atomic E-state index is 0.274. The van der Waals surface area contributed by atoms with Gasteiger partial charge in [0, 0.05) is 19.6 Å². The van der Waals surface area contributed by atoms with E-state index in [-0.39, 0.29) is 5.78 Å². The van der Waals surface area contributed by atoms with E-state index in [0.717, 1.165) is 31.0 Å². The lowest BCUT2D eigenvalue weighted by Crippen LogP contribution is -2.29. The normalized spacial score (nSPS) is 19.6. The second-order valence-corrected chi connectivity index (χ2v) is 5.85. The number of carbonyl (C=O) groups is 1. The van der Waals surface area contributed by atoms with E-state index in [2.05, 4.69) is 11.9 Å². The van der Waals surface area contributed by atoms with Gasteiger partial charge in [0.05, 0.1) is 11.0 Å². The van der Waals surface area contributed by atoms with Crippen molar-refractivity contribution in [2.24, 2.45) is 0 Å². The van der Waals surface area contributed by atoms with E-state index in [0.29, 0.717) is 12.5 Å². The van der Waals surface area contributed by atoms with E-state index in [1.54, 1.807) is 0 Å². The molecule has 3 nitrogen and oxygen atoms in total. The van der Waals surface area contributed by atoms with Gasteiger partial charge in [0.2, 0.25) is 0 Å². The fourth-order valence-corrected chi connectivity index (χ4v) is 2.99. The number of Topliss-reactive ketones (excluding diaryl/α,β-unsaturated/α-hetero) is 1. The Hall–Kier alpha value is -0.710. The van der Waals surface area contributed by atoms with Crippen LogP contribution >= 0.6 is 11.3 Å². The molecule has 0 aromatic carbocycles. The minimum Gasteiger partial charge on any atom is -0.377 e. The Labute approximate surface area is 113 Å². The molecule has 100 valence electrons. The fraction of sp³-hybridized carbons (Fsp3) is 0.643. The molecule has 1 aromatic heterocycles. The third kappa shape index (κ3) is 4.19. The molecule has 0 N–H and O–H groups in total. The topological polar surface area (TPSA) is 29.5 Å². The molecule has 0 radical (unpaired) electrons. The second kappa shape index (κ2) is 7.02. The standard InChI is InChI=1S/C14H21NO2S/c1-15(11-12-5-3-9-17-12)8-2-6-13(16)14-7-4-10-18-14/h4,7,10,12H,2-3,5-6,8-9,11H2,1H3. The van der Waals surface area contributed by atoms with Gasteiger partial charge in [-0.25, -0.2) is 0 Å². The quantitative estimate of drug-likeness (QED) is 0.711. The predicted octanol–water partition coefficient (Wildman–Crippen LogP) is 2.82. The zero-order chi connectivity index (χ0) is 12.8. The van der Waals surface area contributed by atoms with E-state index >= 15 is 0 Å². The summed E-state index contributed by atoms with van der Waals surface area (Å²) >= 11 is 1.53. The highest BCUT2D eigenvalue weighted by Gasteiger charge is 2.17. The molecule has 4 heteroatoms. The van der Waals surface area contributed by atoms with Crippen LogP contribution in [0.25, 0.3) is 0 Å². The summed E-state index contributed by atoms with van der Waals surface area (Å²) in [5, 5.41) is 1.96. The largest absolute Gasteiger partial charge is 0.377 e. The summed E-state index contributed by atoms with van der Waals surface area (Å²) in [6.07, 6.45) is 4.35. The molecule has 1 unspecified atom stereocenters. The summed E-state index contributed by atoms with van der Waals surface area (Å²) in [6, 6.07) is 3.84. The average molecular weight is 267 g/mol. The molecule has 2 heterocycles. The minimum atomic E-state index is 0.274. The van der Waals surface area contributed by atoms with Gasteiger partial charge in [0.25, 0.3) is 0 Å². The molecule has 1 aromatic rings. The molecule has 1 atom stereocenters. The van der Waals surface area contributed by atoms with E-state index in [9.17, 15) is 4.79 Å². The molecular weight excluding hydrogens is 246 g/mol. The summed E-state index contributed by atoms with van der Waals surface area (Å²) in [7, 11) is 2.11. The van der Waals surface area contributed by atoms with Crippen LogP contribution in [0.3, 0.4) is 0 Å². The van der Waals surface area contributed by atoms with Crippen LogP contribution in [0.15, 0.2) is 17.5 Å². The summed E-state index contributed by atoms with van der Waals surface area (Å²) in [5.74, 6) is 0.274. The zero-order valence-electron chi connectivity index (χ0n) is 10.9. The van der Waals surface area contributed by atoms with Crippen molar-refractivity contribution in [2.45, 2.75) is 31.8 Å². The van der Waals surface area contributed by atoms with Gasteiger partial charge in [-0.3, -0.25) is 4.79 Å². The van der Waals surface area contributed by atoms with Gasteiger partial charge in [-0.05, 0) is 44.3 Å². The third-order valence-electron chi connectivity index (χ3n) is 3.28. The zero-order valence-corrected chi connectivity index (χ0v) is 11.7. The highest BCUT2D eigenvalue weighted by Crippen LogP contribution is 2.14. The summed E-state index contributed by atoms with van der Waals surface area (Å²) < 4.78 is 5.60. The van der Waals surface area contributed by atoms with Crippen LogP contribution in [0.4, 0.5) is 0 Å². The lowest BCUT2D eigenvalue weighted by molar-refractivity contribution is 0.0801. The van der Waals surface area contributed by atoms with Crippen molar-refractivity contribution in [1.82, 2.24) is 4.90 Å². The van der Waals surface area contributed by atoms with Crippen molar-refractivity contribution in [3.63, 3.8) is 0 Å². The average Bonchev–Trinajstić information content (AvgIpc) is 3.00. The lowest BCUT2D eigenvalue weighted by Gasteiger charge is -2.20. The number of hydrogen-bond acceptors (Lipinski definition) is 4. The van der Waals surface area contributed by atoms with Crippen LogP contribution in [0, 0.1) is 0 Å². The third-order valence-corrected chi connectivity index (χ3v) is 4.19. The van der Waals surface area contributed by atoms with Crippen molar-refractivity contribution in [2.75, 3.05) is 26.7 Å². The first-order valence-electron chi connectivity index (χ1n) is 6.62. The van der Waals surface area contributed by atoms with Gasteiger partial charge < -0.3 is 9.64 Å². The molecule has 18 heavy (non-hydrogen) atoms. The van der Waals surface area contributed by atoms with Gasteiger partial charge in [0.1, 0.15) is 0 Å². The molecule has 0 bridgehead atoms. The van der Waals surface area contributed by atoms with Crippen molar-refractivity contribution < 1.29 is 9.53 Å². The van der Waals surface area contributed by atoms with E-state index in [1.807, 2.05) is 17.5 Å².